The van der Waals surface area contributed by atoms with Gasteiger partial charge in [0.2, 0.25) is 0 Å². The van der Waals surface area contributed by atoms with Gasteiger partial charge in [0.05, 0.1) is 6.26 Å². The van der Waals surface area contributed by atoms with E-state index >= 15 is 0 Å². The van der Waals surface area contributed by atoms with Crippen LogP contribution in [-0.4, -0.2) is 7.69 Å². The van der Waals surface area contributed by atoms with Crippen molar-refractivity contribution >= 4 is 7.69 Å². The van der Waals surface area contributed by atoms with Crippen LogP contribution in [0.25, 0.3) is 0 Å². The Balaban J connectivity index is 2.46. The molecule has 0 amide bonds. The van der Waals surface area contributed by atoms with Crippen molar-refractivity contribution in [2.75, 3.05) is 0 Å². The summed E-state index contributed by atoms with van der Waals surface area (Å²) >= 11 is 0. The van der Waals surface area contributed by atoms with Crippen LogP contribution in [0.4, 0.5) is 0 Å². The predicted molar refractivity (Wildman–Crippen MR) is 48.8 cm³/mol. The van der Waals surface area contributed by atoms with E-state index in [1.807, 2.05) is 31.2 Å². The first kappa shape index (κ1) is 8.72. The molecule has 0 atom stereocenters. The molecule has 0 unspecified atom stereocenters. The maximum absolute atomic E-state index is 5.11. The van der Waals surface area contributed by atoms with Crippen molar-refractivity contribution in [1.82, 2.24) is 0 Å². The van der Waals surface area contributed by atoms with Gasteiger partial charge in [-0.05, 0) is 24.6 Å². The fraction of sp³-hybridized carbons (Fsp3) is 0.111. The highest BCUT2D eigenvalue weighted by Gasteiger charge is 1.96. The molecule has 12 heavy (non-hydrogen) atoms. The van der Waals surface area contributed by atoms with Gasteiger partial charge in [0, 0.05) is 0 Å². The van der Waals surface area contributed by atoms with Crippen LogP contribution in [-0.2, 0) is 4.65 Å². The van der Waals surface area contributed by atoms with Crippen LogP contribution in [0.2, 0.25) is 0 Å². The third-order valence-corrected chi connectivity index (χ3v) is 1.33. The van der Waals surface area contributed by atoms with E-state index in [-0.39, 0.29) is 0 Å². The summed E-state index contributed by atoms with van der Waals surface area (Å²) in [5.74, 6) is 0.761. The van der Waals surface area contributed by atoms with E-state index in [0.29, 0.717) is 0 Å². The average Bonchev–Trinajstić information content (AvgIpc) is 2.05. The molecule has 0 bridgehead atoms. The lowest BCUT2D eigenvalue weighted by Crippen LogP contribution is -2.03. The Bertz CT molecular complexity index is 260. The van der Waals surface area contributed by atoms with Crippen molar-refractivity contribution in [2.24, 2.45) is 0 Å². The minimum atomic E-state index is 0.761. The van der Waals surface area contributed by atoms with Crippen molar-refractivity contribution < 1.29 is 9.31 Å². The van der Waals surface area contributed by atoms with Gasteiger partial charge in [-0.3, -0.25) is 0 Å². The molecule has 0 aliphatic rings. The van der Waals surface area contributed by atoms with Gasteiger partial charge in [-0.2, -0.15) is 0 Å². The smallest absolute Gasteiger partial charge is 0.533 e. The second-order valence-corrected chi connectivity index (χ2v) is 2.33. The topological polar surface area (TPSA) is 18.5 Å². The van der Waals surface area contributed by atoms with E-state index in [1.165, 1.54) is 13.9 Å². The molecular weight excluding hydrogens is 151 g/mol. The first-order valence-electron chi connectivity index (χ1n) is 3.64. The molecule has 3 heteroatoms. The molecule has 0 saturated heterocycles. The first-order chi connectivity index (χ1) is 5.83. The van der Waals surface area contributed by atoms with Crippen LogP contribution >= 0.6 is 0 Å². The second kappa shape index (κ2) is 4.49. The van der Waals surface area contributed by atoms with E-state index in [0.717, 1.165) is 11.3 Å². The zero-order valence-electron chi connectivity index (χ0n) is 6.99. The summed E-state index contributed by atoms with van der Waals surface area (Å²) in [5, 5.41) is 0. The normalized spacial score (nSPS) is 8.75. The molecule has 1 aromatic carbocycles. The Hall–Kier alpha value is -1.38. The van der Waals surface area contributed by atoms with Gasteiger partial charge in [-0.25, -0.2) is 0 Å². The summed E-state index contributed by atoms with van der Waals surface area (Å²) < 4.78 is 9.80. The molecule has 1 rings (SSSR count). The summed E-state index contributed by atoms with van der Waals surface area (Å²) in [6.45, 7) is 5.38. The van der Waals surface area contributed by atoms with Gasteiger partial charge in [0.25, 0.3) is 0 Å². The highest BCUT2D eigenvalue weighted by Crippen LogP contribution is 2.11. The SMILES string of the molecule is C=CO[B]Oc1cccc(C)c1. The number of aryl methyl sites for hydroxylation is 1. The van der Waals surface area contributed by atoms with E-state index < -0.39 is 0 Å². The van der Waals surface area contributed by atoms with Crippen LogP contribution in [0, 0.1) is 6.92 Å². The van der Waals surface area contributed by atoms with Crippen molar-refractivity contribution in [2.45, 2.75) is 6.92 Å². The monoisotopic (exact) mass is 161 g/mol. The molecule has 0 aromatic heterocycles. The van der Waals surface area contributed by atoms with E-state index in [9.17, 15) is 0 Å². The summed E-state index contributed by atoms with van der Waals surface area (Å²) in [7, 11) is 1.24. The van der Waals surface area contributed by atoms with Crippen LogP contribution in [0.5, 0.6) is 5.75 Å². The molecular formula is C9H10BO2. The van der Waals surface area contributed by atoms with Gasteiger partial charge in [-0.1, -0.05) is 18.7 Å². The minimum Gasteiger partial charge on any atom is -0.533 e. The van der Waals surface area contributed by atoms with Crippen molar-refractivity contribution in [3.63, 3.8) is 0 Å². The Labute approximate surface area is 73.1 Å². The highest BCUT2D eigenvalue weighted by molar-refractivity contribution is 6.19. The lowest BCUT2D eigenvalue weighted by atomic mass is 10.2. The van der Waals surface area contributed by atoms with Gasteiger partial charge in [-0.15, -0.1) is 0 Å². The first-order valence-corrected chi connectivity index (χ1v) is 3.64. The largest absolute Gasteiger partial charge is 0.657 e. The minimum absolute atomic E-state index is 0.761. The fourth-order valence-electron chi connectivity index (χ4n) is 0.811. The lowest BCUT2D eigenvalue weighted by Gasteiger charge is -2.02. The molecule has 0 saturated carbocycles. The van der Waals surface area contributed by atoms with Crippen LogP contribution in [0.3, 0.4) is 0 Å². The molecule has 0 aliphatic heterocycles. The number of hydrogen-bond acceptors (Lipinski definition) is 2. The molecule has 61 valence electrons. The number of hydrogen-bond donors (Lipinski definition) is 0. The molecule has 1 radical (unpaired) electrons. The highest BCUT2D eigenvalue weighted by atomic mass is 16.6. The Kier molecular flexibility index (Phi) is 3.26. The fourth-order valence-corrected chi connectivity index (χ4v) is 0.811. The Morgan fingerprint density at radius 2 is 2.33 bits per heavy atom. The summed E-state index contributed by atoms with van der Waals surface area (Å²) in [6.07, 6.45) is 1.30. The standard InChI is InChI=1S/C9H10BO2/c1-3-11-10-12-9-6-4-5-8(2)7-9/h3-7H,1H2,2H3. The molecule has 0 aliphatic carbocycles. The summed E-state index contributed by atoms with van der Waals surface area (Å²) in [6, 6.07) is 7.70. The molecule has 0 heterocycles. The maximum Gasteiger partial charge on any atom is 0.657 e. The third kappa shape index (κ3) is 2.70. The zero-order chi connectivity index (χ0) is 8.81. The maximum atomic E-state index is 5.11. The Morgan fingerprint density at radius 3 is 3.00 bits per heavy atom. The quantitative estimate of drug-likeness (QED) is 0.382. The van der Waals surface area contributed by atoms with Gasteiger partial charge in [0.15, 0.2) is 0 Å². The zero-order valence-corrected chi connectivity index (χ0v) is 6.99. The van der Waals surface area contributed by atoms with Crippen molar-refractivity contribution in [3.8, 4) is 5.75 Å². The molecule has 2 nitrogen and oxygen atoms in total. The van der Waals surface area contributed by atoms with E-state index in [1.54, 1.807) is 0 Å². The van der Waals surface area contributed by atoms with E-state index in [2.05, 4.69) is 6.58 Å². The molecule has 0 spiro atoms. The number of benzene rings is 1. The molecule has 1 aromatic rings. The van der Waals surface area contributed by atoms with Crippen LogP contribution in [0.1, 0.15) is 5.56 Å². The third-order valence-electron chi connectivity index (χ3n) is 1.33. The summed E-state index contributed by atoms with van der Waals surface area (Å²) in [5.41, 5.74) is 1.15. The van der Waals surface area contributed by atoms with Crippen molar-refractivity contribution in [3.05, 3.63) is 42.7 Å². The van der Waals surface area contributed by atoms with Crippen LogP contribution in [0.15, 0.2) is 37.1 Å². The van der Waals surface area contributed by atoms with Gasteiger partial charge in [0.1, 0.15) is 5.75 Å². The number of rotatable bonds is 4. The van der Waals surface area contributed by atoms with E-state index in [4.69, 9.17) is 9.31 Å². The van der Waals surface area contributed by atoms with Crippen molar-refractivity contribution in [1.29, 1.82) is 0 Å². The summed E-state index contributed by atoms with van der Waals surface area (Å²) in [4.78, 5) is 0. The lowest BCUT2D eigenvalue weighted by molar-refractivity contribution is 0.413. The molecule has 0 fully saturated rings. The average molecular weight is 161 g/mol. The second-order valence-electron chi connectivity index (χ2n) is 2.33. The predicted octanol–water partition coefficient (Wildman–Crippen LogP) is 2.07. The Morgan fingerprint density at radius 1 is 1.50 bits per heavy atom. The van der Waals surface area contributed by atoms with Gasteiger partial charge < -0.3 is 9.31 Å². The molecule has 0 N–H and O–H groups in total. The van der Waals surface area contributed by atoms with Crippen LogP contribution < -0.4 is 4.65 Å². The van der Waals surface area contributed by atoms with Gasteiger partial charge >= 0.3 is 7.69 Å².